The third-order valence-corrected chi connectivity index (χ3v) is 3.60. The Balaban J connectivity index is 2.29. The van der Waals surface area contributed by atoms with Crippen LogP contribution in [0.15, 0.2) is 30.9 Å². The first-order valence-corrected chi connectivity index (χ1v) is 6.52. The molecule has 0 saturated carbocycles. The zero-order valence-electron chi connectivity index (χ0n) is 10.5. The van der Waals surface area contributed by atoms with Crippen molar-refractivity contribution in [2.24, 2.45) is 0 Å². The van der Waals surface area contributed by atoms with Crippen molar-refractivity contribution in [3.8, 4) is 0 Å². The van der Waals surface area contributed by atoms with E-state index in [2.05, 4.69) is 16.8 Å². The summed E-state index contributed by atoms with van der Waals surface area (Å²) >= 11 is 5.83. The summed E-state index contributed by atoms with van der Waals surface area (Å²) in [4.78, 5) is 12.7. The highest BCUT2D eigenvalue weighted by Gasteiger charge is 2.22. The molecule has 1 atom stereocenters. The number of hydrogen-bond donors (Lipinski definition) is 1. The summed E-state index contributed by atoms with van der Waals surface area (Å²) in [6.45, 7) is 7.47. The van der Waals surface area contributed by atoms with Crippen LogP contribution >= 0.6 is 11.6 Å². The lowest BCUT2D eigenvalue weighted by atomic mass is 10.0. The van der Waals surface area contributed by atoms with Gasteiger partial charge in [0.2, 0.25) is 0 Å². The van der Waals surface area contributed by atoms with Crippen molar-refractivity contribution in [1.82, 2.24) is 10.2 Å². The van der Waals surface area contributed by atoms with Crippen molar-refractivity contribution in [1.29, 1.82) is 0 Å². The number of benzene rings is 1. The number of nitrogens with zero attached hydrogens (tertiary/aromatic N) is 2. The van der Waals surface area contributed by atoms with Crippen LogP contribution in [0.25, 0.3) is 0 Å². The second-order valence-corrected chi connectivity index (χ2v) is 4.84. The fraction of sp³-hybridized carbons (Fsp3) is 0.385. The van der Waals surface area contributed by atoms with Gasteiger partial charge in [0.05, 0.1) is 11.0 Å². The molecule has 5 nitrogen and oxygen atoms in total. The lowest BCUT2D eigenvalue weighted by molar-refractivity contribution is -0.384. The number of hydrogen-bond acceptors (Lipinski definition) is 4. The van der Waals surface area contributed by atoms with E-state index in [1.165, 1.54) is 6.07 Å². The van der Waals surface area contributed by atoms with Crippen molar-refractivity contribution >= 4 is 17.3 Å². The number of nitrogens with one attached hydrogen (secondary N) is 1. The van der Waals surface area contributed by atoms with Gasteiger partial charge >= 0.3 is 0 Å². The lowest BCUT2D eigenvalue weighted by Gasteiger charge is -2.33. The smallest absolute Gasteiger partial charge is 0.288 e. The maximum atomic E-state index is 10.9. The molecule has 0 radical (unpaired) electrons. The van der Waals surface area contributed by atoms with Crippen LogP contribution in [-0.2, 0) is 0 Å². The van der Waals surface area contributed by atoms with E-state index in [4.69, 9.17) is 11.6 Å². The maximum Gasteiger partial charge on any atom is 0.288 e. The number of nitro groups is 1. The maximum absolute atomic E-state index is 10.9. The number of piperazine rings is 1. The first-order valence-electron chi connectivity index (χ1n) is 6.14. The summed E-state index contributed by atoms with van der Waals surface area (Å²) in [7, 11) is 0. The summed E-state index contributed by atoms with van der Waals surface area (Å²) < 4.78 is 0. The van der Waals surface area contributed by atoms with Crippen LogP contribution in [0.1, 0.15) is 11.6 Å². The van der Waals surface area contributed by atoms with Gasteiger partial charge in [0.15, 0.2) is 0 Å². The monoisotopic (exact) mass is 281 g/mol. The van der Waals surface area contributed by atoms with Crippen molar-refractivity contribution in [3.05, 3.63) is 51.6 Å². The highest BCUT2D eigenvalue weighted by molar-refractivity contribution is 6.32. The van der Waals surface area contributed by atoms with Crippen LogP contribution in [0.4, 0.5) is 5.69 Å². The third kappa shape index (κ3) is 3.12. The molecule has 0 amide bonds. The first kappa shape index (κ1) is 14.0. The fourth-order valence-electron chi connectivity index (χ4n) is 2.31. The molecule has 1 aliphatic rings. The molecule has 19 heavy (non-hydrogen) atoms. The zero-order valence-corrected chi connectivity index (χ0v) is 11.3. The van der Waals surface area contributed by atoms with Gasteiger partial charge < -0.3 is 5.32 Å². The minimum absolute atomic E-state index is 0.0157. The average Bonchev–Trinajstić information content (AvgIpc) is 2.42. The fourth-order valence-corrected chi connectivity index (χ4v) is 2.50. The molecular weight excluding hydrogens is 266 g/mol. The quantitative estimate of drug-likeness (QED) is 0.523. The Morgan fingerprint density at radius 2 is 2.16 bits per heavy atom. The molecule has 0 spiro atoms. The van der Waals surface area contributed by atoms with Crippen LogP contribution in [-0.4, -0.2) is 36.0 Å². The molecule has 0 unspecified atom stereocenters. The van der Waals surface area contributed by atoms with Gasteiger partial charge in [-0.1, -0.05) is 23.7 Å². The molecule has 1 saturated heterocycles. The SMILES string of the molecule is C=C[C@H](c1ccc(Cl)c([N+](=O)[O-])c1)N1CCNCC1. The van der Waals surface area contributed by atoms with Gasteiger partial charge in [-0.2, -0.15) is 0 Å². The number of nitro benzene ring substituents is 1. The van der Waals surface area contributed by atoms with Gasteiger partial charge in [-0.25, -0.2) is 0 Å². The standard InChI is InChI=1S/C13H16ClN3O2/c1-2-12(16-7-5-15-6-8-16)10-3-4-11(14)13(9-10)17(18)19/h2-4,9,12,15H,1,5-8H2/t12-/m1/s1. The Labute approximate surface area is 117 Å². The summed E-state index contributed by atoms with van der Waals surface area (Å²) in [5, 5.41) is 14.4. The second kappa shape index (κ2) is 6.14. The topological polar surface area (TPSA) is 58.4 Å². The van der Waals surface area contributed by atoms with Crippen LogP contribution in [0, 0.1) is 10.1 Å². The Hall–Kier alpha value is -1.43. The van der Waals surface area contributed by atoms with E-state index in [0.29, 0.717) is 0 Å². The molecule has 102 valence electrons. The van der Waals surface area contributed by atoms with E-state index >= 15 is 0 Å². The summed E-state index contributed by atoms with van der Waals surface area (Å²) in [5.74, 6) is 0. The van der Waals surface area contributed by atoms with Crippen molar-refractivity contribution in [2.75, 3.05) is 26.2 Å². The van der Waals surface area contributed by atoms with Gasteiger partial charge in [-0.05, 0) is 11.6 Å². The highest BCUT2D eigenvalue weighted by Crippen LogP contribution is 2.30. The molecule has 1 aromatic rings. The Bertz CT molecular complexity index is 487. The van der Waals surface area contributed by atoms with Crippen molar-refractivity contribution in [2.45, 2.75) is 6.04 Å². The summed E-state index contributed by atoms with van der Waals surface area (Å²) in [6.07, 6.45) is 1.82. The van der Waals surface area contributed by atoms with Crippen molar-refractivity contribution in [3.63, 3.8) is 0 Å². The van der Waals surface area contributed by atoms with Crippen LogP contribution in [0.5, 0.6) is 0 Å². The second-order valence-electron chi connectivity index (χ2n) is 4.43. The summed E-state index contributed by atoms with van der Waals surface area (Å²) in [5.41, 5.74) is 0.800. The largest absolute Gasteiger partial charge is 0.314 e. The van der Waals surface area contributed by atoms with E-state index in [1.54, 1.807) is 6.07 Å². The average molecular weight is 282 g/mol. The van der Waals surface area contributed by atoms with E-state index < -0.39 is 4.92 Å². The molecule has 1 aliphatic heterocycles. The molecule has 0 aliphatic carbocycles. The van der Waals surface area contributed by atoms with Crippen LogP contribution < -0.4 is 5.32 Å². The Morgan fingerprint density at radius 1 is 1.47 bits per heavy atom. The van der Waals surface area contributed by atoms with Gasteiger partial charge in [-0.15, -0.1) is 6.58 Å². The number of halogens is 1. The summed E-state index contributed by atoms with van der Waals surface area (Å²) in [6, 6.07) is 4.92. The highest BCUT2D eigenvalue weighted by atomic mass is 35.5. The van der Waals surface area contributed by atoms with Gasteiger partial charge in [-0.3, -0.25) is 15.0 Å². The predicted molar refractivity (Wildman–Crippen MR) is 75.5 cm³/mol. The first-order chi connectivity index (χ1) is 9.13. The third-order valence-electron chi connectivity index (χ3n) is 3.28. The van der Waals surface area contributed by atoms with E-state index in [1.807, 2.05) is 12.1 Å². The van der Waals surface area contributed by atoms with Gasteiger partial charge in [0, 0.05) is 32.2 Å². The minimum Gasteiger partial charge on any atom is -0.314 e. The molecule has 6 heteroatoms. The van der Waals surface area contributed by atoms with E-state index in [0.717, 1.165) is 31.7 Å². The van der Waals surface area contributed by atoms with Crippen molar-refractivity contribution < 1.29 is 4.92 Å². The van der Waals surface area contributed by atoms with E-state index in [9.17, 15) is 10.1 Å². The molecule has 2 rings (SSSR count). The molecule has 1 heterocycles. The molecular formula is C13H16ClN3O2. The van der Waals surface area contributed by atoms with Crippen LogP contribution in [0.2, 0.25) is 5.02 Å². The van der Waals surface area contributed by atoms with Gasteiger partial charge in [0.25, 0.3) is 5.69 Å². The van der Waals surface area contributed by atoms with E-state index in [-0.39, 0.29) is 16.8 Å². The molecule has 1 aromatic carbocycles. The Morgan fingerprint density at radius 3 is 2.74 bits per heavy atom. The van der Waals surface area contributed by atoms with Gasteiger partial charge in [0.1, 0.15) is 5.02 Å². The zero-order chi connectivity index (χ0) is 13.8. The molecule has 1 fully saturated rings. The normalized spacial score (nSPS) is 17.9. The molecule has 1 N–H and O–H groups in total. The molecule has 0 bridgehead atoms. The number of rotatable bonds is 4. The van der Waals surface area contributed by atoms with Crippen LogP contribution in [0.3, 0.4) is 0 Å². The Kier molecular flexibility index (Phi) is 4.52. The lowest BCUT2D eigenvalue weighted by Crippen LogP contribution is -2.44. The predicted octanol–water partition coefficient (Wildman–Crippen LogP) is 2.38. The molecule has 0 aromatic heterocycles. The minimum atomic E-state index is -0.455.